The molecule has 0 bridgehead atoms. The molecule has 0 aromatic heterocycles. The quantitative estimate of drug-likeness (QED) is 0.552. The highest BCUT2D eigenvalue weighted by Crippen LogP contribution is 2.37. The number of carboxylic acids is 1. The number of rotatable bonds is 2. The van der Waals surface area contributed by atoms with E-state index in [1.54, 1.807) is 6.07 Å². The van der Waals surface area contributed by atoms with Gasteiger partial charge in [-0.15, -0.1) is 0 Å². The molecule has 2 aliphatic heterocycles. The summed E-state index contributed by atoms with van der Waals surface area (Å²) in [7, 11) is 0. The molecule has 29 heavy (non-hydrogen) atoms. The molecule has 3 N–H and O–H groups in total. The van der Waals surface area contributed by atoms with Crippen molar-refractivity contribution < 1.29 is 36.2 Å². The van der Waals surface area contributed by atoms with Gasteiger partial charge in [-0.3, -0.25) is 4.90 Å². The van der Waals surface area contributed by atoms with Crippen LogP contribution in [0.1, 0.15) is 31.7 Å². The van der Waals surface area contributed by atoms with Crippen molar-refractivity contribution in [3.63, 3.8) is 0 Å². The van der Waals surface area contributed by atoms with Gasteiger partial charge in [0.25, 0.3) is 0 Å². The number of nitrogens with zero attached hydrogens (tertiary/aromatic N) is 2. The smallest absolute Gasteiger partial charge is 0.475 e. The molecular weight excluding hydrogens is 404 g/mol. The van der Waals surface area contributed by atoms with Gasteiger partial charge >= 0.3 is 18.3 Å². The molecule has 3 rings (SSSR count). The maximum Gasteiger partial charge on any atom is 0.490 e. The number of nitrogen functional groups attached to an aromatic ring is 1. The molecule has 0 radical (unpaired) electrons. The largest absolute Gasteiger partial charge is 0.490 e. The SMILES string of the molecule is CC1CCCN1C1CCN(c2ccc(N)c(C(F)(F)F)c2)C1.O=C(O)C(F)(F)F. The van der Waals surface area contributed by atoms with Crippen LogP contribution in [0.25, 0.3) is 0 Å². The standard InChI is InChI=1S/C16H22F3N3.C2HF3O2/c1-11-3-2-7-22(11)13-6-8-21(10-13)12-4-5-15(20)14(9-12)16(17,18)19;3-2(4,5)1(6)7/h4-5,9,11,13H,2-3,6-8,10,20H2,1H3;(H,6,7). The Morgan fingerprint density at radius 3 is 2.24 bits per heavy atom. The van der Waals surface area contributed by atoms with Gasteiger partial charge in [0.15, 0.2) is 0 Å². The summed E-state index contributed by atoms with van der Waals surface area (Å²) in [5.41, 5.74) is 5.15. The third-order valence-electron chi connectivity index (χ3n) is 5.19. The molecule has 2 saturated heterocycles. The van der Waals surface area contributed by atoms with Gasteiger partial charge in [-0.2, -0.15) is 26.3 Å². The number of carbonyl (C=O) groups is 1. The molecule has 0 amide bonds. The molecule has 2 unspecified atom stereocenters. The molecule has 2 atom stereocenters. The molecule has 11 heteroatoms. The van der Waals surface area contributed by atoms with Gasteiger partial charge < -0.3 is 15.7 Å². The van der Waals surface area contributed by atoms with E-state index in [4.69, 9.17) is 15.6 Å². The Kier molecular flexibility index (Phi) is 6.92. The Morgan fingerprint density at radius 2 is 1.76 bits per heavy atom. The first-order valence-electron chi connectivity index (χ1n) is 9.08. The van der Waals surface area contributed by atoms with E-state index in [9.17, 15) is 26.3 Å². The number of carboxylic acid groups (broad SMARTS) is 1. The molecule has 0 saturated carbocycles. The van der Waals surface area contributed by atoms with E-state index in [1.165, 1.54) is 25.0 Å². The van der Waals surface area contributed by atoms with Gasteiger partial charge in [0.2, 0.25) is 0 Å². The van der Waals surface area contributed by atoms with Crippen LogP contribution in [0.4, 0.5) is 37.7 Å². The fourth-order valence-electron chi connectivity index (χ4n) is 3.73. The summed E-state index contributed by atoms with van der Waals surface area (Å²) >= 11 is 0. The molecule has 5 nitrogen and oxygen atoms in total. The predicted molar refractivity (Wildman–Crippen MR) is 95.6 cm³/mol. The van der Waals surface area contributed by atoms with Crippen LogP contribution in [0.5, 0.6) is 0 Å². The van der Waals surface area contributed by atoms with E-state index in [0.29, 0.717) is 17.8 Å². The van der Waals surface area contributed by atoms with Crippen LogP contribution in [-0.2, 0) is 11.0 Å². The van der Waals surface area contributed by atoms with Crippen molar-refractivity contribution in [3.05, 3.63) is 23.8 Å². The maximum absolute atomic E-state index is 13.0. The first-order chi connectivity index (χ1) is 13.3. The Morgan fingerprint density at radius 1 is 1.14 bits per heavy atom. The highest BCUT2D eigenvalue weighted by atomic mass is 19.4. The van der Waals surface area contributed by atoms with Crippen LogP contribution in [0.15, 0.2) is 18.2 Å². The summed E-state index contributed by atoms with van der Waals surface area (Å²) in [5, 5.41) is 7.12. The lowest BCUT2D eigenvalue weighted by Crippen LogP contribution is -2.39. The normalized spacial score (nSPS) is 23.1. The number of alkyl halides is 6. The van der Waals surface area contributed by atoms with E-state index >= 15 is 0 Å². The van der Waals surface area contributed by atoms with Gasteiger partial charge in [-0.05, 0) is 50.9 Å². The predicted octanol–water partition coefficient (Wildman–Crippen LogP) is 3.98. The highest BCUT2D eigenvalue weighted by molar-refractivity contribution is 5.73. The lowest BCUT2D eigenvalue weighted by atomic mass is 10.1. The van der Waals surface area contributed by atoms with Crippen molar-refractivity contribution in [3.8, 4) is 0 Å². The summed E-state index contributed by atoms with van der Waals surface area (Å²) < 4.78 is 70.7. The fourth-order valence-corrected chi connectivity index (χ4v) is 3.73. The molecule has 2 aliphatic rings. The molecule has 1 aromatic carbocycles. The Bertz CT molecular complexity index is 723. The number of nitrogens with two attached hydrogens (primary N) is 1. The second-order valence-electron chi connectivity index (χ2n) is 7.19. The van der Waals surface area contributed by atoms with Crippen LogP contribution in [0, 0.1) is 0 Å². The number of hydrogen-bond donors (Lipinski definition) is 2. The summed E-state index contributed by atoms with van der Waals surface area (Å²) in [6.45, 7) is 4.94. The molecule has 2 fully saturated rings. The van der Waals surface area contributed by atoms with Crippen LogP contribution >= 0.6 is 0 Å². The summed E-state index contributed by atoms with van der Waals surface area (Å²) in [4.78, 5) is 13.4. The molecular formula is C18H23F6N3O2. The van der Waals surface area contributed by atoms with Crippen molar-refractivity contribution in [2.75, 3.05) is 30.3 Å². The van der Waals surface area contributed by atoms with E-state index in [2.05, 4.69) is 11.8 Å². The number of hydrogen-bond acceptors (Lipinski definition) is 4. The minimum absolute atomic E-state index is 0.208. The first kappa shape index (κ1) is 23.1. The topological polar surface area (TPSA) is 69.8 Å². The zero-order valence-electron chi connectivity index (χ0n) is 15.7. The van der Waals surface area contributed by atoms with Crippen LogP contribution < -0.4 is 10.6 Å². The van der Waals surface area contributed by atoms with E-state index in [0.717, 1.165) is 26.1 Å². The van der Waals surface area contributed by atoms with Gasteiger partial charge in [-0.25, -0.2) is 4.79 Å². The number of halogens is 6. The fraction of sp³-hybridized carbons (Fsp3) is 0.611. The van der Waals surface area contributed by atoms with E-state index in [1.807, 2.05) is 4.90 Å². The third-order valence-corrected chi connectivity index (χ3v) is 5.19. The summed E-state index contributed by atoms with van der Waals surface area (Å²) in [6, 6.07) is 5.28. The monoisotopic (exact) mass is 427 g/mol. The average Bonchev–Trinajstić information content (AvgIpc) is 3.22. The number of aliphatic carboxylic acids is 1. The zero-order chi connectivity index (χ0) is 22.0. The summed E-state index contributed by atoms with van der Waals surface area (Å²) in [5.74, 6) is -2.76. The van der Waals surface area contributed by atoms with Gasteiger partial charge in [-0.1, -0.05) is 0 Å². The maximum atomic E-state index is 13.0. The zero-order valence-corrected chi connectivity index (χ0v) is 15.7. The van der Waals surface area contributed by atoms with Crippen molar-refractivity contribution >= 4 is 17.3 Å². The highest BCUT2D eigenvalue weighted by Gasteiger charge is 2.38. The van der Waals surface area contributed by atoms with Crippen molar-refractivity contribution in [1.82, 2.24) is 4.90 Å². The third kappa shape index (κ3) is 5.91. The van der Waals surface area contributed by atoms with Gasteiger partial charge in [0, 0.05) is 36.5 Å². The lowest BCUT2D eigenvalue weighted by molar-refractivity contribution is -0.192. The number of benzene rings is 1. The van der Waals surface area contributed by atoms with Gasteiger partial charge in [0.05, 0.1) is 5.56 Å². The minimum atomic E-state index is -5.08. The first-order valence-corrected chi connectivity index (χ1v) is 9.08. The Labute approximate surface area is 164 Å². The van der Waals surface area contributed by atoms with Crippen LogP contribution in [0.2, 0.25) is 0 Å². The van der Waals surface area contributed by atoms with Crippen molar-refractivity contribution in [2.24, 2.45) is 0 Å². The number of anilines is 2. The Hall–Kier alpha value is -2.17. The minimum Gasteiger partial charge on any atom is -0.475 e. The number of likely N-dealkylation sites (tertiary alicyclic amines) is 1. The van der Waals surface area contributed by atoms with Crippen LogP contribution in [-0.4, -0.2) is 53.9 Å². The Balaban J connectivity index is 0.000000370. The molecule has 164 valence electrons. The van der Waals surface area contributed by atoms with Gasteiger partial charge in [0.1, 0.15) is 0 Å². The molecule has 0 aliphatic carbocycles. The molecule has 1 aromatic rings. The van der Waals surface area contributed by atoms with Crippen LogP contribution in [0.3, 0.4) is 0 Å². The van der Waals surface area contributed by atoms with Crippen molar-refractivity contribution in [2.45, 2.75) is 50.6 Å². The lowest BCUT2D eigenvalue weighted by Gasteiger charge is -2.28. The second kappa shape index (κ2) is 8.68. The second-order valence-corrected chi connectivity index (χ2v) is 7.19. The molecule has 0 spiro atoms. The van der Waals surface area contributed by atoms with E-state index in [-0.39, 0.29) is 5.69 Å². The summed E-state index contributed by atoms with van der Waals surface area (Å²) in [6.07, 6.45) is -6.03. The van der Waals surface area contributed by atoms with Crippen molar-refractivity contribution in [1.29, 1.82) is 0 Å². The van der Waals surface area contributed by atoms with E-state index < -0.39 is 23.9 Å². The molecule has 2 heterocycles. The average molecular weight is 427 g/mol.